The van der Waals surface area contributed by atoms with Gasteiger partial charge in [-0.1, -0.05) is 40.2 Å². The Morgan fingerprint density at radius 3 is 2.32 bits per heavy atom. The van der Waals surface area contributed by atoms with Crippen molar-refractivity contribution < 1.29 is 0 Å². The van der Waals surface area contributed by atoms with E-state index in [1.807, 2.05) is 30.3 Å². The number of alkyl halides is 1. The Labute approximate surface area is 121 Å². The van der Waals surface area contributed by atoms with E-state index < -0.39 is 0 Å². The smallest absolute Gasteiger partial charge is 0.0926 e. The van der Waals surface area contributed by atoms with Crippen molar-refractivity contribution >= 4 is 38.0 Å². The van der Waals surface area contributed by atoms with Crippen LogP contribution < -0.4 is 0 Å². The summed E-state index contributed by atoms with van der Waals surface area (Å²) in [5.74, 6) is 0. The predicted octanol–water partition coefficient (Wildman–Crippen LogP) is 4.50. The number of nitrogens with zero attached hydrogens (tertiary/aromatic N) is 2. The van der Waals surface area contributed by atoms with Crippen LogP contribution in [-0.2, 0) is 6.42 Å². The van der Waals surface area contributed by atoms with Gasteiger partial charge in [0, 0.05) is 5.33 Å². The summed E-state index contributed by atoms with van der Waals surface area (Å²) >= 11 is 3.48. The van der Waals surface area contributed by atoms with Crippen molar-refractivity contribution in [1.82, 2.24) is 9.97 Å². The van der Waals surface area contributed by atoms with E-state index in [9.17, 15) is 0 Å². The van der Waals surface area contributed by atoms with E-state index in [4.69, 9.17) is 9.97 Å². The molecule has 2 aromatic carbocycles. The topological polar surface area (TPSA) is 25.8 Å². The molecule has 0 atom stereocenters. The van der Waals surface area contributed by atoms with Crippen LogP contribution in [0.15, 0.2) is 42.5 Å². The first kappa shape index (κ1) is 12.5. The molecule has 0 saturated heterocycles. The number of hydrogen-bond acceptors (Lipinski definition) is 2. The summed E-state index contributed by atoms with van der Waals surface area (Å²) in [6.45, 7) is 0. The van der Waals surface area contributed by atoms with Gasteiger partial charge in [-0.25, -0.2) is 9.97 Å². The van der Waals surface area contributed by atoms with Gasteiger partial charge >= 0.3 is 0 Å². The summed E-state index contributed by atoms with van der Waals surface area (Å²) in [6, 6.07) is 14.3. The lowest BCUT2D eigenvalue weighted by Gasteiger charge is -2.06. The quantitative estimate of drug-likeness (QED) is 0.402. The number of para-hydroxylation sites is 3. The van der Waals surface area contributed by atoms with Gasteiger partial charge in [-0.3, -0.25) is 0 Å². The average Bonchev–Trinajstić information content (AvgIpc) is 2.46. The van der Waals surface area contributed by atoms with Crippen LogP contribution in [0.25, 0.3) is 22.1 Å². The average molecular weight is 315 g/mol. The van der Waals surface area contributed by atoms with E-state index in [2.05, 4.69) is 28.1 Å². The van der Waals surface area contributed by atoms with Gasteiger partial charge in [-0.05, 0) is 43.0 Å². The summed E-state index contributed by atoms with van der Waals surface area (Å²) < 4.78 is 0. The lowest BCUT2D eigenvalue weighted by atomic mass is 10.1. The number of hydrogen-bond donors (Lipinski definition) is 0. The van der Waals surface area contributed by atoms with E-state index in [-0.39, 0.29) is 0 Å². The molecule has 3 aromatic rings. The molecular weight excluding hydrogens is 300 g/mol. The zero-order chi connectivity index (χ0) is 13.1. The van der Waals surface area contributed by atoms with Crippen LogP contribution in [0.3, 0.4) is 0 Å². The molecule has 3 rings (SSSR count). The second-order valence-electron chi connectivity index (χ2n) is 4.64. The summed E-state index contributed by atoms with van der Waals surface area (Å²) in [5, 5.41) is 1.06. The van der Waals surface area contributed by atoms with E-state index >= 15 is 0 Å². The molecular formula is C16H15BrN2. The molecule has 0 aliphatic carbocycles. The number of fused-ring (bicyclic) bond motifs is 2. The van der Waals surface area contributed by atoms with Crippen molar-refractivity contribution in [2.75, 3.05) is 5.33 Å². The van der Waals surface area contributed by atoms with Gasteiger partial charge in [0.1, 0.15) is 0 Å². The number of benzene rings is 2. The summed E-state index contributed by atoms with van der Waals surface area (Å²) in [5.41, 5.74) is 5.29. The van der Waals surface area contributed by atoms with E-state index in [1.54, 1.807) is 0 Å². The van der Waals surface area contributed by atoms with Crippen LogP contribution >= 0.6 is 15.9 Å². The maximum atomic E-state index is 4.78. The Bertz CT molecular complexity index is 709. The zero-order valence-electron chi connectivity index (χ0n) is 10.6. The fraction of sp³-hybridized carbons (Fsp3) is 0.250. The Morgan fingerprint density at radius 2 is 1.53 bits per heavy atom. The molecule has 0 unspecified atom stereocenters. The van der Waals surface area contributed by atoms with Crippen molar-refractivity contribution in [3.05, 3.63) is 48.0 Å². The number of halogens is 1. The Hall–Kier alpha value is -1.48. The molecule has 0 spiro atoms. The third kappa shape index (κ3) is 2.61. The Kier molecular flexibility index (Phi) is 3.74. The van der Waals surface area contributed by atoms with Gasteiger partial charge in [-0.2, -0.15) is 0 Å². The molecule has 2 nitrogen and oxygen atoms in total. The first-order valence-electron chi connectivity index (χ1n) is 6.59. The van der Waals surface area contributed by atoms with Gasteiger partial charge in [0.05, 0.1) is 22.1 Å². The van der Waals surface area contributed by atoms with Gasteiger partial charge in [0.25, 0.3) is 0 Å². The molecule has 19 heavy (non-hydrogen) atoms. The minimum Gasteiger partial charge on any atom is -0.244 e. The van der Waals surface area contributed by atoms with Gasteiger partial charge in [0.15, 0.2) is 0 Å². The highest BCUT2D eigenvalue weighted by Gasteiger charge is 2.05. The molecule has 0 amide bonds. The van der Waals surface area contributed by atoms with Gasteiger partial charge in [-0.15, -0.1) is 0 Å². The van der Waals surface area contributed by atoms with Crippen LogP contribution in [0.1, 0.15) is 18.4 Å². The lowest BCUT2D eigenvalue weighted by molar-refractivity contribution is 0.809. The maximum absolute atomic E-state index is 4.78. The molecule has 0 aliphatic rings. The highest BCUT2D eigenvalue weighted by atomic mass is 79.9. The number of aromatic nitrogens is 2. The second kappa shape index (κ2) is 5.66. The maximum Gasteiger partial charge on any atom is 0.0926 e. The number of unbranched alkanes of at least 4 members (excludes halogenated alkanes) is 1. The number of aryl methyl sites for hydroxylation is 1. The van der Waals surface area contributed by atoms with E-state index in [1.165, 1.54) is 18.4 Å². The first-order chi connectivity index (χ1) is 9.38. The van der Waals surface area contributed by atoms with Crippen LogP contribution in [0.5, 0.6) is 0 Å². The van der Waals surface area contributed by atoms with Gasteiger partial charge in [0.2, 0.25) is 0 Å². The van der Waals surface area contributed by atoms with Crippen molar-refractivity contribution in [1.29, 1.82) is 0 Å². The highest BCUT2D eigenvalue weighted by molar-refractivity contribution is 9.09. The molecule has 0 aliphatic heterocycles. The molecule has 0 saturated carbocycles. The molecule has 3 heteroatoms. The van der Waals surface area contributed by atoms with Crippen LogP contribution in [0.4, 0.5) is 0 Å². The molecule has 0 bridgehead atoms. The molecule has 0 N–H and O–H groups in total. The Morgan fingerprint density at radius 1 is 0.789 bits per heavy atom. The minimum atomic E-state index is 0.965. The monoisotopic (exact) mass is 314 g/mol. The SMILES string of the molecule is BrCCCCc1cccc2nc3ccccc3nc12. The van der Waals surface area contributed by atoms with Crippen LogP contribution in [0.2, 0.25) is 0 Å². The first-order valence-corrected chi connectivity index (χ1v) is 7.71. The molecule has 1 aromatic heterocycles. The fourth-order valence-electron chi connectivity index (χ4n) is 2.31. The second-order valence-corrected chi connectivity index (χ2v) is 5.44. The normalized spacial score (nSPS) is 11.2. The highest BCUT2D eigenvalue weighted by Crippen LogP contribution is 2.20. The summed E-state index contributed by atoms with van der Waals surface area (Å²) in [7, 11) is 0. The zero-order valence-corrected chi connectivity index (χ0v) is 12.2. The molecule has 96 valence electrons. The third-order valence-corrected chi connectivity index (χ3v) is 3.84. The van der Waals surface area contributed by atoms with E-state index in [0.717, 1.165) is 33.8 Å². The number of rotatable bonds is 4. The molecule has 1 heterocycles. The van der Waals surface area contributed by atoms with E-state index in [0.29, 0.717) is 0 Å². The summed E-state index contributed by atoms with van der Waals surface area (Å²) in [4.78, 5) is 9.48. The van der Waals surface area contributed by atoms with Crippen molar-refractivity contribution in [3.8, 4) is 0 Å². The van der Waals surface area contributed by atoms with Crippen molar-refractivity contribution in [3.63, 3.8) is 0 Å². The largest absolute Gasteiger partial charge is 0.244 e. The van der Waals surface area contributed by atoms with Gasteiger partial charge < -0.3 is 0 Å². The van der Waals surface area contributed by atoms with Crippen molar-refractivity contribution in [2.45, 2.75) is 19.3 Å². The fourth-order valence-corrected chi connectivity index (χ4v) is 2.71. The van der Waals surface area contributed by atoms with Crippen LogP contribution in [0, 0.1) is 0 Å². The lowest BCUT2D eigenvalue weighted by Crippen LogP contribution is -1.93. The van der Waals surface area contributed by atoms with Crippen molar-refractivity contribution in [2.24, 2.45) is 0 Å². The predicted molar refractivity (Wildman–Crippen MR) is 83.8 cm³/mol. The molecule has 0 radical (unpaired) electrons. The van der Waals surface area contributed by atoms with Crippen LogP contribution in [-0.4, -0.2) is 15.3 Å². The minimum absolute atomic E-state index is 0.965. The third-order valence-electron chi connectivity index (χ3n) is 3.28. The molecule has 0 fully saturated rings. The Balaban J connectivity index is 2.09. The summed E-state index contributed by atoms with van der Waals surface area (Å²) in [6.07, 6.45) is 3.44. The standard InChI is InChI=1S/C16H15BrN2/c17-11-4-3-6-12-7-5-10-15-16(12)19-14-9-2-1-8-13(14)18-15/h1-2,5,7-10H,3-4,6,11H2.